The summed E-state index contributed by atoms with van der Waals surface area (Å²) in [7, 11) is 0. The van der Waals surface area contributed by atoms with E-state index in [0.717, 1.165) is 29.8 Å². The Morgan fingerprint density at radius 3 is 2.85 bits per heavy atom. The van der Waals surface area contributed by atoms with Crippen LogP contribution in [0.2, 0.25) is 0 Å². The third kappa shape index (κ3) is 3.71. The van der Waals surface area contributed by atoms with Crippen molar-refractivity contribution in [2.45, 2.75) is 33.1 Å². The van der Waals surface area contributed by atoms with E-state index >= 15 is 0 Å². The third-order valence-corrected chi connectivity index (χ3v) is 4.67. The number of aryl methyl sites for hydroxylation is 1. The van der Waals surface area contributed by atoms with Crippen LogP contribution in [0.5, 0.6) is 0 Å². The van der Waals surface area contributed by atoms with Crippen LogP contribution in [-0.2, 0) is 11.2 Å². The van der Waals surface area contributed by atoms with Crippen molar-refractivity contribution in [2.75, 3.05) is 18.4 Å². The molecule has 2 amide bonds. The molecule has 1 aliphatic heterocycles. The number of carboxylic acids is 1. The van der Waals surface area contributed by atoms with Crippen molar-refractivity contribution < 1.29 is 14.7 Å². The molecule has 1 atom stereocenters. The van der Waals surface area contributed by atoms with Gasteiger partial charge in [0.2, 0.25) is 0 Å². The first kappa shape index (κ1) is 18.0. The zero-order chi connectivity index (χ0) is 18.7. The number of rotatable bonds is 5. The van der Waals surface area contributed by atoms with E-state index in [4.69, 9.17) is 5.11 Å². The van der Waals surface area contributed by atoms with Crippen molar-refractivity contribution in [3.8, 4) is 5.69 Å². The molecule has 1 saturated heterocycles. The van der Waals surface area contributed by atoms with Crippen LogP contribution in [0.1, 0.15) is 31.0 Å². The van der Waals surface area contributed by atoms with Gasteiger partial charge in [-0.2, -0.15) is 5.10 Å². The largest absolute Gasteiger partial charge is 0.481 e. The van der Waals surface area contributed by atoms with Crippen LogP contribution in [0.25, 0.3) is 5.69 Å². The van der Waals surface area contributed by atoms with Crippen molar-refractivity contribution in [1.82, 2.24) is 14.7 Å². The number of carboxylic acid groups (broad SMARTS) is 1. The molecule has 0 radical (unpaired) electrons. The predicted molar refractivity (Wildman–Crippen MR) is 98.6 cm³/mol. The van der Waals surface area contributed by atoms with Gasteiger partial charge in [-0.1, -0.05) is 25.5 Å². The summed E-state index contributed by atoms with van der Waals surface area (Å²) in [5, 5.41) is 16.5. The van der Waals surface area contributed by atoms with Gasteiger partial charge in [-0.3, -0.25) is 4.79 Å². The van der Waals surface area contributed by atoms with E-state index in [1.54, 1.807) is 11.1 Å². The smallest absolute Gasteiger partial charge is 0.321 e. The minimum atomic E-state index is -0.848. The van der Waals surface area contributed by atoms with Crippen LogP contribution in [0, 0.1) is 12.8 Å². The van der Waals surface area contributed by atoms with Crippen molar-refractivity contribution >= 4 is 17.7 Å². The molecular weight excluding hydrogens is 332 g/mol. The molecule has 0 aliphatic carbocycles. The zero-order valence-corrected chi connectivity index (χ0v) is 15.1. The summed E-state index contributed by atoms with van der Waals surface area (Å²) < 4.78 is 1.86. The van der Waals surface area contributed by atoms with Gasteiger partial charge in [0.05, 0.1) is 29.2 Å². The number of hydrogen-bond donors (Lipinski definition) is 2. The molecule has 0 spiro atoms. The second kappa shape index (κ2) is 7.59. The van der Waals surface area contributed by atoms with Crippen LogP contribution in [0.15, 0.2) is 30.5 Å². The van der Waals surface area contributed by atoms with Gasteiger partial charge in [0.1, 0.15) is 0 Å². The van der Waals surface area contributed by atoms with Crippen molar-refractivity contribution in [1.29, 1.82) is 0 Å². The highest BCUT2D eigenvalue weighted by Gasteiger charge is 2.31. The quantitative estimate of drug-likeness (QED) is 0.862. The minimum Gasteiger partial charge on any atom is -0.481 e. The first-order valence-electron chi connectivity index (χ1n) is 8.92. The van der Waals surface area contributed by atoms with E-state index in [-0.39, 0.29) is 12.6 Å². The molecule has 2 heterocycles. The predicted octanol–water partition coefficient (Wildman–Crippen LogP) is 3.07. The van der Waals surface area contributed by atoms with Crippen LogP contribution in [-0.4, -0.2) is 44.9 Å². The minimum absolute atomic E-state index is 0.246. The van der Waals surface area contributed by atoms with E-state index < -0.39 is 11.9 Å². The fourth-order valence-electron chi connectivity index (χ4n) is 3.28. The van der Waals surface area contributed by atoms with E-state index in [1.807, 2.05) is 29.8 Å². The number of likely N-dealkylation sites (tertiary alicyclic amines) is 1. The van der Waals surface area contributed by atoms with E-state index in [1.165, 1.54) is 0 Å². The van der Waals surface area contributed by atoms with Gasteiger partial charge in [0, 0.05) is 13.1 Å². The number of anilines is 1. The molecule has 3 rings (SSSR count). The standard InChI is InChI=1S/C19H24N4O3/c1-3-5-17-16(11-20-23(17)15-7-4-6-13(2)10-15)21-19(26)22-9-8-14(12-22)18(24)25/h4,6-7,10-11,14H,3,5,8-9,12H2,1-2H3,(H,21,26)(H,24,25). The summed E-state index contributed by atoms with van der Waals surface area (Å²) >= 11 is 0. The maximum atomic E-state index is 12.5. The lowest BCUT2D eigenvalue weighted by atomic mass is 10.1. The summed E-state index contributed by atoms with van der Waals surface area (Å²) in [6.45, 7) is 4.81. The highest BCUT2D eigenvalue weighted by atomic mass is 16.4. The molecule has 7 nitrogen and oxygen atoms in total. The highest BCUT2D eigenvalue weighted by Crippen LogP contribution is 2.23. The highest BCUT2D eigenvalue weighted by molar-refractivity contribution is 5.90. The summed E-state index contributed by atoms with van der Waals surface area (Å²) in [6.07, 6.45) is 3.86. The summed E-state index contributed by atoms with van der Waals surface area (Å²) in [4.78, 5) is 25.2. The lowest BCUT2D eigenvalue weighted by molar-refractivity contribution is -0.141. The maximum absolute atomic E-state index is 12.5. The molecule has 1 aliphatic rings. The Bertz CT molecular complexity index is 815. The molecule has 1 aromatic heterocycles. The van der Waals surface area contributed by atoms with Gasteiger partial charge in [0.15, 0.2) is 0 Å². The Morgan fingerprint density at radius 1 is 1.38 bits per heavy atom. The fourth-order valence-corrected chi connectivity index (χ4v) is 3.28. The van der Waals surface area contributed by atoms with Gasteiger partial charge >= 0.3 is 12.0 Å². The Kier molecular flexibility index (Phi) is 5.25. The van der Waals surface area contributed by atoms with Crippen molar-refractivity contribution in [3.63, 3.8) is 0 Å². The third-order valence-electron chi connectivity index (χ3n) is 4.67. The number of urea groups is 1. The molecule has 2 aromatic rings. The zero-order valence-electron chi connectivity index (χ0n) is 15.1. The number of carbonyl (C=O) groups is 2. The number of benzene rings is 1. The molecule has 7 heteroatoms. The molecule has 1 aromatic carbocycles. The average molecular weight is 356 g/mol. The second-order valence-corrected chi connectivity index (χ2v) is 6.71. The number of aliphatic carboxylic acids is 1. The molecule has 0 saturated carbocycles. The van der Waals surface area contributed by atoms with Crippen LogP contribution >= 0.6 is 0 Å². The lowest BCUT2D eigenvalue weighted by Gasteiger charge is -2.17. The van der Waals surface area contributed by atoms with E-state index in [2.05, 4.69) is 23.4 Å². The Labute approximate surface area is 152 Å². The Balaban J connectivity index is 1.80. The Morgan fingerprint density at radius 2 is 2.19 bits per heavy atom. The first-order chi connectivity index (χ1) is 12.5. The number of hydrogen-bond acceptors (Lipinski definition) is 3. The number of nitrogens with zero attached hydrogens (tertiary/aromatic N) is 3. The van der Waals surface area contributed by atoms with Crippen molar-refractivity contribution in [3.05, 3.63) is 41.7 Å². The number of carbonyl (C=O) groups excluding carboxylic acids is 1. The lowest BCUT2D eigenvalue weighted by Crippen LogP contribution is -2.34. The normalized spacial score (nSPS) is 16.7. The molecule has 1 unspecified atom stereocenters. The first-order valence-corrected chi connectivity index (χ1v) is 8.92. The van der Waals surface area contributed by atoms with Gasteiger partial charge in [-0.15, -0.1) is 0 Å². The van der Waals surface area contributed by atoms with E-state index in [0.29, 0.717) is 18.7 Å². The summed E-state index contributed by atoms with van der Waals surface area (Å²) in [5.41, 5.74) is 3.72. The van der Waals surface area contributed by atoms with Crippen molar-refractivity contribution in [2.24, 2.45) is 5.92 Å². The monoisotopic (exact) mass is 356 g/mol. The molecular formula is C19H24N4O3. The fraction of sp³-hybridized carbons (Fsp3) is 0.421. The summed E-state index contributed by atoms with van der Waals surface area (Å²) in [5.74, 6) is -1.33. The van der Waals surface area contributed by atoms with Gasteiger partial charge in [0.25, 0.3) is 0 Å². The number of aromatic nitrogens is 2. The molecule has 138 valence electrons. The molecule has 26 heavy (non-hydrogen) atoms. The van der Waals surface area contributed by atoms with Crippen LogP contribution in [0.3, 0.4) is 0 Å². The number of nitrogens with one attached hydrogen (secondary N) is 1. The van der Waals surface area contributed by atoms with Gasteiger partial charge in [-0.25, -0.2) is 9.48 Å². The van der Waals surface area contributed by atoms with Gasteiger partial charge < -0.3 is 15.3 Å². The van der Waals surface area contributed by atoms with Crippen LogP contribution < -0.4 is 5.32 Å². The SMILES string of the molecule is CCCc1c(NC(=O)N2CCC(C(=O)O)C2)cnn1-c1cccc(C)c1. The maximum Gasteiger partial charge on any atom is 0.321 e. The topological polar surface area (TPSA) is 87.5 Å². The van der Waals surface area contributed by atoms with Crippen LogP contribution in [0.4, 0.5) is 10.5 Å². The molecule has 1 fully saturated rings. The van der Waals surface area contributed by atoms with Gasteiger partial charge in [-0.05, 0) is 37.5 Å². The molecule has 0 bridgehead atoms. The van der Waals surface area contributed by atoms with E-state index in [9.17, 15) is 9.59 Å². The summed E-state index contributed by atoms with van der Waals surface area (Å²) in [6, 6.07) is 7.78. The molecule has 2 N–H and O–H groups in total. The average Bonchev–Trinajstić information content (AvgIpc) is 3.23. The Hall–Kier alpha value is -2.83. The second-order valence-electron chi connectivity index (χ2n) is 6.71. The number of amides is 2.